The lowest BCUT2D eigenvalue weighted by Gasteiger charge is -2.37. The molecule has 0 saturated heterocycles. The Bertz CT molecular complexity index is 1250. The number of hydrogen-bond acceptors (Lipinski definition) is 9. The molecule has 3 rings (SSSR count). The summed E-state index contributed by atoms with van der Waals surface area (Å²) >= 11 is 0. The standard InChI is InChI=1S/C54H100O9Si2/c1-7-52(55)59-41-25-26-43-61-54(57)50-34-32-47(33-35-50)48-36-38-51(39-37-48)58-40-22-18-14-10-8-12-16-20-24-44-62-65(5,6)63-64(3,4)45-27-21-17-13-9-11-15-19-23-42-60-53(56)49-30-28-46(2)29-31-49/h7,46-51H,1,8-45H2,2-6H3. The van der Waals surface area contributed by atoms with E-state index in [4.69, 9.17) is 27.5 Å². The highest BCUT2D eigenvalue weighted by Gasteiger charge is 2.35. The number of esters is 3. The zero-order valence-electron chi connectivity index (χ0n) is 42.8. The molecule has 3 saturated carbocycles. The lowest BCUT2D eigenvalue weighted by atomic mass is 9.70. The number of rotatable bonds is 37. The molecule has 65 heavy (non-hydrogen) atoms. The Morgan fingerprint density at radius 1 is 0.477 bits per heavy atom. The second kappa shape index (κ2) is 34.7. The summed E-state index contributed by atoms with van der Waals surface area (Å²) in [6.07, 6.45) is 39.3. The van der Waals surface area contributed by atoms with E-state index in [2.05, 4.69) is 39.7 Å². The fraction of sp³-hybridized carbons (Fsp3) is 0.907. The average molecular weight is 950 g/mol. The summed E-state index contributed by atoms with van der Waals surface area (Å²) in [6, 6.07) is 1.23. The van der Waals surface area contributed by atoms with Crippen LogP contribution in [0.25, 0.3) is 0 Å². The van der Waals surface area contributed by atoms with Crippen molar-refractivity contribution in [1.82, 2.24) is 0 Å². The van der Waals surface area contributed by atoms with Gasteiger partial charge in [0, 0.05) is 19.3 Å². The number of unbranched alkanes of at least 4 members (excludes halogenated alkanes) is 17. The Morgan fingerprint density at radius 2 is 0.862 bits per heavy atom. The molecule has 0 aliphatic heterocycles. The molecule has 0 N–H and O–H groups in total. The molecule has 0 atom stereocenters. The monoisotopic (exact) mass is 949 g/mol. The SMILES string of the molecule is C=CC(=O)OCCCCOC(=O)C1CCC(C2CCC(OCCCCCCCCCCCO[Si](C)(C)O[Si](C)(C)CCCCCCCCCCCOC(=O)C3CCC(C)CC3)CC2)CC1. The number of carbonyl (C=O) groups is 3. The molecule has 378 valence electrons. The van der Waals surface area contributed by atoms with E-state index in [-0.39, 0.29) is 23.8 Å². The van der Waals surface area contributed by atoms with E-state index in [1.165, 1.54) is 147 Å². The molecule has 3 aliphatic rings. The quantitative estimate of drug-likeness (QED) is 0.0198. The summed E-state index contributed by atoms with van der Waals surface area (Å²) in [4.78, 5) is 35.9. The summed E-state index contributed by atoms with van der Waals surface area (Å²) in [5.74, 6) is 2.12. The normalized spacial score (nSPS) is 22.9. The van der Waals surface area contributed by atoms with Crippen LogP contribution < -0.4 is 0 Å². The molecule has 0 aromatic carbocycles. The Balaban J connectivity index is 1.03. The van der Waals surface area contributed by atoms with Crippen molar-refractivity contribution in [1.29, 1.82) is 0 Å². The van der Waals surface area contributed by atoms with Crippen molar-refractivity contribution >= 4 is 34.8 Å². The summed E-state index contributed by atoms with van der Waals surface area (Å²) in [5.41, 5.74) is 0. The topological polar surface area (TPSA) is 107 Å². The van der Waals surface area contributed by atoms with E-state index in [0.29, 0.717) is 38.8 Å². The Hall–Kier alpha value is -1.54. The average Bonchev–Trinajstić information content (AvgIpc) is 3.29. The second-order valence-corrected chi connectivity index (χ2v) is 29.5. The van der Waals surface area contributed by atoms with Crippen molar-refractivity contribution in [2.24, 2.45) is 29.6 Å². The van der Waals surface area contributed by atoms with Gasteiger partial charge in [0.05, 0.1) is 37.8 Å². The molecule has 0 aromatic heterocycles. The van der Waals surface area contributed by atoms with Gasteiger partial charge in [0.25, 0.3) is 0 Å². The van der Waals surface area contributed by atoms with Crippen LogP contribution in [0.3, 0.4) is 0 Å². The molecule has 3 fully saturated rings. The number of hydrogen-bond donors (Lipinski definition) is 0. The molecule has 9 nitrogen and oxygen atoms in total. The molecule has 0 heterocycles. The van der Waals surface area contributed by atoms with Gasteiger partial charge in [-0.25, -0.2) is 4.79 Å². The fourth-order valence-corrected chi connectivity index (χ4v) is 18.4. The van der Waals surface area contributed by atoms with Crippen molar-refractivity contribution in [3.8, 4) is 0 Å². The molecule has 0 unspecified atom stereocenters. The van der Waals surface area contributed by atoms with E-state index >= 15 is 0 Å². The summed E-state index contributed by atoms with van der Waals surface area (Å²) in [5, 5.41) is 0. The predicted molar refractivity (Wildman–Crippen MR) is 270 cm³/mol. The first-order valence-electron chi connectivity index (χ1n) is 27.5. The molecule has 0 amide bonds. The molecule has 0 spiro atoms. The lowest BCUT2D eigenvalue weighted by Crippen LogP contribution is -2.46. The first-order valence-corrected chi connectivity index (χ1v) is 33.4. The van der Waals surface area contributed by atoms with Crippen LogP contribution in [0.15, 0.2) is 12.7 Å². The van der Waals surface area contributed by atoms with Crippen molar-refractivity contribution < 1.29 is 41.9 Å². The van der Waals surface area contributed by atoms with Crippen LogP contribution >= 0.6 is 0 Å². The zero-order valence-corrected chi connectivity index (χ0v) is 44.8. The van der Waals surface area contributed by atoms with E-state index in [1.807, 2.05) is 0 Å². The van der Waals surface area contributed by atoms with E-state index in [9.17, 15) is 14.4 Å². The van der Waals surface area contributed by atoms with Gasteiger partial charge in [-0.05, 0) is 159 Å². The maximum absolute atomic E-state index is 12.6. The van der Waals surface area contributed by atoms with Crippen LogP contribution in [0.1, 0.15) is 212 Å². The first-order chi connectivity index (χ1) is 31.4. The molecule has 0 radical (unpaired) electrons. The Labute approximate surface area is 401 Å². The Morgan fingerprint density at radius 3 is 1.35 bits per heavy atom. The highest BCUT2D eigenvalue weighted by Crippen LogP contribution is 2.41. The number of ether oxygens (including phenoxy) is 4. The first kappa shape index (κ1) is 57.8. The van der Waals surface area contributed by atoms with E-state index in [0.717, 1.165) is 88.4 Å². The van der Waals surface area contributed by atoms with Crippen molar-refractivity contribution in [2.45, 2.75) is 251 Å². The van der Waals surface area contributed by atoms with Gasteiger partial charge < -0.3 is 27.5 Å². The lowest BCUT2D eigenvalue weighted by molar-refractivity contribution is -0.151. The van der Waals surface area contributed by atoms with Gasteiger partial charge in [0.2, 0.25) is 0 Å². The highest BCUT2D eigenvalue weighted by molar-refractivity contribution is 6.82. The second-order valence-electron chi connectivity index (χ2n) is 21.6. The van der Waals surface area contributed by atoms with Crippen LogP contribution in [0.5, 0.6) is 0 Å². The zero-order chi connectivity index (χ0) is 47.0. The van der Waals surface area contributed by atoms with Gasteiger partial charge in [-0.1, -0.05) is 110 Å². The molecule has 0 aromatic rings. The van der Waals surface area contributed by atoms with Gasteiger partial charge in [-0.2, -0.15) is 0 Å². The van der Waals surface area contributed by atoms with Crippen molar-refractivity contribution in [2.75, 3.05) is 33.0 Å². The summed E-state index contributed by atoms with van der Waals surface area (Å²) in [7, 11) is -3.80. The van der Waals surface area contributed by atoms with Gasteiger partial charge in [0.1, 0.15) is 0 Å². The fourth-order valence-electron chi connectivity index (χ4n) is 10.7. The van der Waals surface area contributed by atoms with Crippen molar-refractivity contribution in [3.63, 3.8) is 0 Å². The molecule has 3 aliphatic carbocycles. The minimum Gasteiger partial charge on any atom is -0.465 e. The van der Waals surface area contributed by atoms with Crippen LogP contribution in [0.4, 0.5) is 0 Å². The van der Waals surface area contributed by atoms with Crippen LogP contribution in [-0.2, 0) is 41.9 Å². The highest BCUT2D eigenvalue weighted by atomic mass is 28.4. The van der Waals surface area contributed by atoms with Crippen molar-refractivity contribution in [3.05, 3.63) is 12.7 Å². The van der Waals surface area contributed by atoms with Crippen LogP contribution in [0.2, 0.25) is 32.2 Å². The molecule has 0 bridgehead atoms. The predicted octanol–water partition coefficient (Wildman–Crippen LogP) is 14.8. The largest absolute Gasteiger partial charge is 0.465 e. The Kier molecular flexibility index (Phi) is 30.8. The third-order valence-corrected chi connectivity index (χ3v) is 21.4. The van der Waals surface area contributed by atoms with Gasteiger partial charge in [-0.15, -0.1) is 0 Å². The van der Waals surface area contributed by atoms with Gasteiger partial charge in [0.15, 0.2) is 8.32 Å². The van der Waals surface area contributed by atoms with Gasteiger partial charge in [-0.3, -0.25) is 9.59 Å². The smallest absolute Gasteiger partial charge is 0.330 e. The van der Waals surface area contributed by atoms with Gasteiger partial charge >= 0.3 is 26.5 Å². The number of carbonyl (C=O) groups excluding carboxylic acids is 3. The minimum atomic E-state index is -2.09. The third kappa shape index (κ3) is 27.9. The van der Waals surface area contributed by atoms with E-state index in [1.54, 1.807) is 0 Å². The van der Waals surface area contributed by atoms with Crippen LogP contribution in [0, 0.1) is 29.6 Å². The third-order valence-electron chi connectivity index (χ3n) is 14.8. The molecular formula is C54H100O9Si2. The summed E-state index contributed by atoms with van der Waals surface area (Å²) in [6.45, 7) is 18.0. The van der Waals surface area contributed by atoms with Crippen LogP contribution in [-0.4, -0.2) is 73.9 Å². The maximum atomic E-state index is 12.6. The summed E-state index contributed by atoms with van der Waals surface area (Å²) < 4.78 is 35.6. The van der Waals surface area contributed by atoms with E-state index < -0.39 is 22.8 Å². The maximum Gasteiger partial charge on any atom is 0.330 e. The molecule has 11 heteroatoms. The molecular weight excluding hydrogens is 849 g/mol. The minimum absolute atomic E-state index is 0.0437.